The van der Waals surface area contributed by atoms with Crippen LogP contribution in [0.1, 0.15) is 70.3 Å². The number of nitrogens with zero attached hydrogens (tertiary/aromatic N) is 3. The van der Waals surface area contributed by atoms with Crippen LogP contribution in [0.4, 0.5) is 0 Å². The van der Waals surface area contributed by atoms with Crippen LogP contribution in [0.25, 0.3) is 11.0 Å². The maximum absolute atomic E-state index is 11.5. The van der Waals surface area contributed by atoms with Crippen LogP contribution in [0.3, 0.4) is 0 Å². The van der Waals surface area contributed by atoms with Gasteiger partial charge in [0.25, 0.3) is 0 Å². The van der Waals surface area contributed by atoms with Crippen molar-refractivity contribution >= 4 is 17.0 Å². The van der Waals surface area contributed by atoms with Crippen molar-refractivity contribution in [2.45, 2.75) is 71.8 Å². The largest absolute Gasteiger partial charge is 0.481 e. The summed E-state index contributed by atoms with van der Waals surface area (Å²) in [6.07, 6.45) is 3.21. The number of imidazole rings is 1. The van der Waals surface area contributed by atoms with Gasteiger partial charge in [-0.25, -0.2) is 4.98 Å². The highest BCUT2D eigenvalue weighted by atomic mass is 16.5. The van der Waals surface area contributed by atoms with Crippen molar-refractivity contribution < 1.29 is 14.6 Å². The van der Waals surface area contributed by atoms with Crippen molar-refractivity contribution in [3.63, 3.8) is 0 Å². The topological polar surface area (TPSA) is 67.6 Å². The highest BCUT2D eigenvalue weighted by molar-refractivity contribution is 5.80. The van der Waals surface area contributed by atoms with Crippen LogP contribution < -0.4 is 0 Å². The zero-order valence-electron chi connectivity index (χ0n) is 22.7. The van der Waals surface area contributed by atoms with Crippen LogP contribution in [0, 0.1) is 0 Å². The van der Waals surface area contributed by atoms with E-state index >= 15 is 0 Å². The summed E-state index contributed by atoms with van der Waals surface area (Å²) >= 11 is 0. The first kappa shape index (κ1) is 27.9. The summed E-state index contributed by atoms with van der Waals surface area (Å²) in [6.45, 7) is 15.0. The van der Waals surface area contributed by atoms with Gasteiger partial charge in [0.15, 0.2) is 0 Å². The number of hydrogen-bond donors (Lipinski definition) is 1. The number of hydrogen-bond acceptors (Lipinski definition) is 4. The predicted molar refractivity (Wildman–Crippen MR) is 147 cm³/mol. The number of fused-ring (bicyclic) bond motifs is 1. The van der Waals surface area contributed by atoms with Gasteiger partial charge in [0, 0.05) is 25.6 Å². The van der Waals surface area contributed by atoms with Crippen LogP contribution in [-0.2, 0) is 27.9 Å². The molecule has 6 heteroatoms. The molecule has 0 aliphatic carbocycles. The molecule has 1 aliphatic rings. The quantitative estimate of drug-likeness (QED) is 0.357. The van der Waals surface area contributed by atoms with E-state index < -0.39 is 11.4 Å². The van der Waals surface area contributed by atoms with E-state index in [-0.39, 0.29) is 0 Å². The highest BCUT2D eigenvalue weighted by Crippen LogP contribution is 2.30. The SMILES string of the molecule is CC.CCOCCn1c(C2CCN(CCc3ccc(C(C)(C)C(=O)O)cc3)CC2)nc2ccccc21. The molecule has 1 aromatic heterocycles. The number of carboxylic acids is 1. The number of rotatable bonds is 10. The Labute approximate surface area is 216 Å². The van der Waals surface area contributed by atoms with E-state index in [1.54, 1.807) is 13.8 Å². The maximum atomic E-state index is 11.5. The first-order chi connectivity index (χ1) is 17.4. The third kappa shape index (κ3) is 6.54. The van der Waals surface area contributed by atoms with Crippen molar-refractivity contribution in [1.29, 1.82) is 0 Å². The van der Waals surface area contributed by atoms with E-state index in [0.717, 1.165) is 63.1 Å². The van der Waals surface area contributed by atoms with Gasteiger partial charge in [0.1, 0.15) is 5.82 Å². The van der Waals surface area contributed by atoms with E-state index in [4.69, 9.17) is 9.72 Å². The normalized spacial score (nSPS) is 15.0. The second kappa shape index (κ2) is 13.0. The molecule has 36 heavy (non-hydrogen) atoms. The number of carboxylic acid groups (broad SMARTS) is 1. The molecule has 1 saturated heterocycles. The van der Waals surface area contributed by atoms with Gasteiger partial charge < -0.3 is 19.3 Å². The molecule has 3 aromatic rings. The van der Waals surface area contributed by atoms with E-state index in [0.29, 0.717) is 12.5 Å². The molecular formula is C30H43N3O3. The minimum atomic E-state index is -0.862. The Morgan fingerprint density at radius 2 is 1.72 bits per heavy atom. The monoisotopic (exact) mass is 493 g/mol. The second-order valence-corrected chi connectivity index (χ2v) is 9.80. The lowest BCUT2D eigenvalue weighted by Gasteiger charge is -2.32. The van der Waals surface area contributed by atoms with Crippen LogP contribution >= 0.6 is 0 Å². The van der Waals surface area contributed by atoms with Crippen molar-refractivity contribution in [3.8, 4) is 0 Å². The molecular weight excluding hydrogens is 450 g/mol. The molecule has 0 spiro atoms. The van der Waals surface area contributed by atoms with E-state index in [1.165, 1.54) is 16.9 Å². The summed E-state index contributed by atoms with van der Waals surface area (Å²) in [5.41, 5.74) is 3.52. The van der Waals surface area contributed by atoms with E-state index in [1.807, 2.05) is 32.9 Å². The highest BCUT2D eigenvalue weighted by Gasteiger charge is 2.29. The number of aliphatic carboxylic acids is 1. The van der Waals surface area contributed by atoms with E-state index in [2.05, 4.69) is 45.9 Å². The van der Waals surface area contributed by atoms with Crippen molar-refractivity contribution in [2.24, 2.45) is 0 Å². The third-order valence-electron chi connectivity index (χ3n) is 7.23. The molecule has 6 nitrogen and oxygen atoms in total. The molecule has 0 bridgehead atoms. The van der Waals surface area contributed by atoms with Gasteiger partial charge in [0.2, 0.25) is 0 Å². The lowest BCUT2D eigenvalue weighted by molar-refractivity contribution is -0.142. The number of piperidine rings is 1. The fourth-order valence-electron chi connectivity index (χ4n) is 4.85. The minimum Gasteiger partial charge on any atom is -0.481 e. The Balaban J connectivity index is 0.00000176. The molecule has 0 unspecified atom stereocenters. The fourth-order valence-corrected chi connectivity index (χ4v) is 4.85. The summed E-state index contributed by atoms with van der Waals surface area (Å²) < 4.78 is 8.01. The Kier molecular flexibility index (Phi) is 10.1. The first-order valence-corrected chi connectivity index (χ1v) is 13.5. The van der Waals surface area contributed by atoms with Gasteiger partial charge in [-0.2, -0.15) is 0 Å². The number of carbonyl (C=O) groups is 1. The smallest absolute Gasteiger partial charge is 0.313 e. The van der Waals surface area contributed by atoms with E-state index in [9.17, 15) is 9.90 Å². The molecule has 2 aromatic carbocycles. The summed E-state index contributed by atoms with van der Waals surface area (Å²) in [7, 11) is 0. The average molecular weight is 494 g/mol. The van der Waals surface area contributed by atoms with Crippen molar-refractivity contribution in [2.75, 3.05) is 32.8 Å². The van der Waals surface area contributed by atoms with Gasteiger partial charge in [-0.3, -0.25) is 4.79 Å². The van der Waals surface area contributed by atoms with Gasteiger partial charge in [-0.05, 0) is 76.4 Å². The standard InChI is InChI=1S/C28H37N3O3.C2H6/c1-4-34-20-19-31-25-8-6-5-7-24(25)29-26(31)22-14-17-30(18-15-22)16-13-21-9-11-23(12-10-21)28(2,3)27(32)33;1-2/h5-12,22H,4,13-20H2,1-3H3,(H,32,33);1-2H3. The lowest BCUT2D eigenvalue weighted by atomic mass is 9.84. The number of benzene rings is 2. The van der Waals surface area contributed by atoms with Crippen molar-refractivity contribution in [3.05, 3.63) is 65.5 Å². The zero-order chi connectivity index (χ0) is 26.1. The van der Waals surface area contributed by atoms with Crippen LogP contribution in [-0.4, -0.2) is 58.4 Å². The Bertz CT molecular complexity index is 1100. The fraction of sp³-hybridized carbons (Fsp3) is 0.533. The molecule has 0 atom stereocenters. The molecule has 4 rings (SSSR count). The molecule has 1 aliphatic heterocycles. The molecule has 2 heterocycles. The number of aromatic nitrogens is 2. The van der Waals surface area contributed by atoms with Gasteiger partial charge >= 0.3 is 5.97 Å². The third-order valence-corrected chi connectivity index (χ3v) is 7.23. The van der Waals surface area contributed by atoms with Gasteiger partial charge in [-0.15, -0.1) is 0 Å². The summed E-state index contributed by atoms with van der Waals surface area (Å²) in [5.74, 6) is 0.884. The lowest BCUT2D eigenvalue weighted by Crippen LogP contribution is -2.35. The second-order valence-electron chi connectivity index (χ2n) is 9.80. The summed E-state index contributed by atoms with van der Waals surface area (Å²) in [5, 5.41) is 9.43. The number of para-hydroxylation sites is 2. The first-order valence-electron chi connectivity index (χ1n) is 13.5. The predicted octanol–water partition coefficient (Wildman–Crippen LogP) is 5.88. The van der Waals surface area contributed by atoms with Crippen LogP contribution in [0.2, 0.25) is 0 Å². The summed E-state index contributed by atoms with van der Waals surface area (Å²) in [6, 6.07) is 16.5. The Morgan fingerprint density at radius 1 is 1.06 bits per heavy atom. The van der Waals surface area contributed by atoms with Gasteiger partial charge in [-0.1, -0.05) is 50.2 Å². The number of likely N-dealkylation sites (tertiary alicyclic amines) is 1. The van der Waals surface area contributed by atoms with Gasteiger partial charge in [0.05, 0.1) is 23.1 Å². The number of ether oxygens (including phenoxy) is 1. The van der Waals surface area contributed by atoms with Crippen LogP contribution in [0.15, 0.2) is 48.5 Å². The molecule has 0 saturated carbocycles. The Hall–Kier alpha value is -2.70. The molecule has 196 valence electrons. The van der Waals surface area contributed by atoms with Crippen LogP contribution in [0.5, 0.6) is 0 Å². The minimum absolute atomic E-state index is 0.475. The Morgan fingerprint density at radius 3 is 2.36 bits per heavy atom. The molecule has 0 radical (unpaired) electrons. The maximum Gasteiger partial charge on any atom is 0.313 e. The molecule has 1 fully saturated rings. The average Bonchev–Trinajstić information content (AvgIpc) is 3.28. The zero-order valence-corrected chi connectivity index (χ0v) is 22.7. The molecule has 0 amide bonds. The van der Waals surface area contributed by atoms with Crippen molar-refractivity contribution in [1.82, 2.24) is 14.5 Å². The summed E-state index contributed by atoms with van der Waals surface area (Å²) in [4.78, 5) is 19.0. The molecule has 1 N–H and O–H groups in total.